The highest BCUT2D eigenvalue weighted by Crippen LogP contribution is 2.38. The molecule has 5 nitrogen and oxygen atoms in total. The Bertz CT molecular complexity index is 898. The SMILES string of the molecule is Nc1c(Oc2ccc(Br)cc2)ncnc1N1CCCc2ccccc21. The number of nitrogens with two attached hydrogens (primary N) is 1. The molecule has 0 saturated heterocycles. The maximum absolute atomic E-state index is 6.35. The second-order valence-electron chi connectivity index (χ2n) is 5.86. The van der Waals surface area contributed by atoms with Crippen LogP contribution in [0, 0.1) is 0 Å². The fourth-order valence-corrected chi connectivity index (χ4v) is 3.30. The van der Waals surface area contributed by atoms with Gasteiger partial charge in [0.2, 0.25) is 5.88 Å². The van der Waals surface area contributed by atoms with Crippen molar-refractivity contribution >= 4 is 33.1 Å². The molecule has 1 aromatic heterocycles. The molecule has 2 N–H and O–H groups in total. The minimum atomic E-state index is 0.371. The minimum absolute atomic E-state index is 0.371. The van der Waals surface area contributed by atoms with Gasteiger partial charge < -0.3 is 15.4 Å². The average Bonchev–Trinajstić information content (AvgIpc) is 2.65. The largest absolute Gasteiger partial charge is 0.437 e. The fraction of sp³-hybridized carbons (Fsp3) is 0.158. The van der Waals surface area contributed by atoms with Crippen LogP contribution in [0.25, 0.3) is 0 Å². The highest BCUT2D eigenvalue weighted by molar-refractivity contribution is 9.10. The second kappa shape index (κ2) is 6.72. The number of nitrogen functional groups attached to an aromatic ring is 1. The van der Waals surface area contributed by atoms with Crippen LogP contribution >= 0.6 is 15.9 Å². The number of hydrogen-bond acceptors (Lipinski definition) is 5. The van der Waals surface area contributed by atoms with Gasteiger partial charge in [0.1, 0.15) is 17.8 Å². The summed E-state index contributed by atoms with van der Waals surface area (Å²) in [5, 5.41) is 0. The Kier molecular flexibility index (Phi) is 4.28. The van der Waals surface area contributed by atoms with Gasteiger partial charge in [-0.25, -0.2) is 4.98 Å². The molecule has 3 aromatic rings. The van der Waals surface area contributed by atoms with E-state index in [4.69, 9.17) is 10.5 Å². The summed E-state index contributed by atoms with van der Waals surface area (Å²) in [5.41, 5.74) is 9.25. The third-order valence-corrected chi connectivity index (χ3v) is 4.75. The predicted molar refractivity (Wildman–Crippen MR) is 102 cm³/mol. The van der Waals surface area contributed by atoms with Gasteiger partial charge in [-0.15, -0.1) is 0 Å². The molecule has 25 heavy (non-hydrogen) atoms. The third-order valence-electron chi connectivity index (χ3n) is 4.22. The average molecular weight is 397 g/mol. The molecule has 2 heterocycles. The Morgan fingerprint density at radius 1 is 1.04 bits per heavy atom. The van der Waals surface area contributed by atoms with Gasteiger partial charge in [0.25, 0.3) is 0 Å². The van der Waals surface area contributed by atoms with Crippen LogP contribution in [0.1, 0.15) is 12.0 Å². The van der Waals surface area contributed by atoms with E-state index in [1.54, 1.807) is 0 Å². The summed E-state index contributed by atoms with van der Waals surface area (Å²) in [6.45, 7) is 0.871. The smallest absolute Gasteiger partial charge is 0.248 e. The fourth-order valence-electron chi connectivity index (χ4n) is 3.04. The Morgan fingerprint density at radius 2 is 1.84 bits per heavy atom. The summed E-state index contributed by atoms with van der Waals surface area (Å²) in [6, 6.07) is 15.9. The lowest BCUT2D eigenvalue weighted by Crippen LogP contribution is -2.26. The van der Waals surface area contributed by atoms with Gasteiger partial charge in [-0.2, -0.15) is 4.98 Å². The van der Waals surface area contributed by atoms with E-state index in [2.05, 4.69) is 49.0 Å². The summed E-state index contributed by atoms with van der Waals surface area (Å²) in [4.78, 5) is 10.8. The molecular formula is C19H17BrN4O. The van der Waals surface area contributed by atoms with Crippen molar-refractivity contribution in [2.45, 2.75) is 12.8 Å². The van der Waals surface area contributed by atoms with Gasteiger partial charge in [-0.3, -0.25) is 0 Å². The van der Waals surface area contributed by atoms with E-state index in [0.29, 0.717) is 23.1 Å². The standard InChI is InChI=1S/C19H17BrN4O/c20-14-7-9-15(10-8-14)25-19-17(21)18(22-12-23-19)24-11-3-5-13-4-1-2-6-16(13)24/h1-2,4,6-10,12H,3,5,11,21H2. The van der Waals surface area contributed by atoms with Crippen LogP contribution in [0.3, 0.4) is 0 Å². The highest BCUT2D eigenvalue weighted by Gasteiger charge is 2.22. The van der Waals surface area contributed by atoms with Gasteiger partial charge in [0, 0.05) is 16.7 Å². The number of rotatable bonds is 3. The van der Waals surface area contributed by atoms with Gasteiger partial charge in [-0.05, 0) is 48.7 Å². The van der Waals surface area contributed by atoms with Crippen LogP contribution in [0.15, 0.2) is 59.3 Å². The van der Waals surface area contributed by atoms with Crippen molar-refractivity contribution in [3.8, 4) is 11.6 Å². The maximum atomic E-state index is 6.35. The molecule has 0 fully saturated rings. The predicted octanol–water partition coefficient (Wildman–Crippen LogP) is 4.70. The first-order valence-electron chi connectivity index (χ1n) is 8.12. The number of hydrogen-bond donors (Lipinski definition) is 1. The van der Waals surface area contributed by atoms with Crippen molar-refractivity contribution < 1.29 is 4.74 Å². The molecule has 0 radical (unpaired) electrons. The lowest BCUT2D eigenvalue weighted by molar-refractivity contribution is 0.464. The first-order chi connectivity index (χ1) is 12.2. The maximum Gasteiger partial charge on any atom is 0.248 e. The minimum Gasteiger partial charge on any atom is -0.437 e. The molecule has 0 spiro atoms. The number of ether oxygens (including phenoxy) is 1. The third kappa shape index (κ3) is 3.17. The van der Waals surface area contributed by atoms with Crippen molar-refractivity contribution in [3.63, 3.8) is 0 Å². The summed E-state index contributed by atoms with van der Waals surface area (Å²) in [7, 11) is 0. The van der Waals surface area contributed by atoms with Gasteiger partial charge in [0.05, 0.1) is 0 Å². The number of aryl methyl sites for hydroxylation is 1. The molecular weight excluding hydrogens is 380 g/mol. The quantitative estimate of drug-likeness (QED) is 0.694. The molecule has 0 bridgehead atoms. The number of nitrogens with zero attached hydrogens (tertiary/aromatic N) is 3. The van der Waals surface area contributed by atoms with Crippen molar-refractivity contribution in [2.24, 2.45) is 0 Å². The number of benzene rings is 2. The van der Waals surface area contributed by atoms with Crippen LogP contribution in [0.5, 0.6) is 11.6 Å². The van der Waals surface area contributed by atoms with Gasteiger partial charge >= 0.3 is 0 Å². The Balaban J connectivity index is 1.69. The molecule has 2 aromatic carbocycles. The van der Waals surface area contributed by atoms with Crippen molar-refractivity contribution in [1.29, 1.82) is 0 Å². The molecule has 1 aliphatic rings. The summed E-state index contributed by atoms with van der Waals surface area (Å²) >= 11 is 3.41. The second-order valence-corrected chi connectivity index (χ2v) is 6.77. The molecule has 0 atom stereocenters. The zero-order chi connectivity index (χ0) is 17.2. The van der Waals surface area contributed by atoms with E-state index in [1.165, 1.54) is 11.9 Å². The van der Waals surface area contributed by atoms with Crippen molar-refractivity contribution in [1.82, 2.24) is 9.97 Å². The Hall–Kier alpha value is -2.60. The molecule has 0 amide bonds. The Labute approximate surface area is 154 Å². The van der Waals surface area contributed by atoms with Crippen LogP contribution in [0.4, 0.5) is 17.2 Å². The van der Waals surface area contributed by atoms with Crippen LogP contribution in [-0.4, -0.2) is 16.5 Å². The number of halogens is 1. The van der Waals surface area contributed by atoms with Crippen LogP contribution < -0.4 is 15.4 Å². The van der Waals surface area contributed by atoms with E-state index in [1.807, 2.05) is 30.3 Å². The molecule has 0 saturated carbocycles. The molecule has 0 aliphatic carbocycles. The van der Waals surface area contributed by atoms with Gasteiger partial charge in [-0.1, -0.05) is 34.1 Å². The molecule has 4 rings (SSSR count). The zero-order valence-electron chi connectivity index (χ0n) is 13.5. The van der Waals surface area contributed by atoms with Crippen LogP contribution in [0.2, 0.25) is 0 Å². The highest BCUT2D eigenvalue weighted by atomic mass is 79.9. The van der Waals surface area contributed by atoms with E-state index in [0.717, 1.165) is 29.5 Å². The molecule has 1 aliphatic heterocycles. The molecule has 126 valence electrons. The first kappa shape index (κ1) is 15.9. The van der Waals surface area contributed by atoms with E-state index in [9.17, 15) is 0 Å². The monoisotopic (exact) mass is 396 g/mol. The normalized spacial score (nSPS) is 13.4. The van der Waals surface area contributed by atoms with E-state index >= 15 is 0 Å². The first-order valence-corrected chi connectivity index (χ1v) is 8.91. The van der Waals surface area contributed by atoms with E-state index in [-0.39, 0.29) is 0 Å². The van der Waals surface area contributed by atoms with Crippen LogP contribution in [-0.2, 0) is 6.42 Å². The lowest BCUT2D eigenvalue weighted by atomic mass is 10.0. The summed E-state index contributed by atoms with van der Waals surface area (Å²) < 4.78 is 6.85. The number of aromatic nitrogens is 2. The molecule has 0 unspecified atom stereocenters. The number of fused-ring (bicyclic) bond motifs is 1. The number of para-hydroxylation sites is 1. The number of anilines is 3. The topological polar surface area (TPSA) is 64.3 Å². The molecule has 6 heteroatoms. The lowest BCUT2D eigenvalue weighted by Gasteiger charge is -2.31. The van der Waals surface area contributed by atoms with Gasteiger partial charge in [0.15, 0.2) is 5.82 Å². The van der Waals surface area contributed by atoms with Crippen molar-refractivity contribution in [2.75, 3.05) is 17.2 Å². The van der Waals surface area contributed by atoms with E-state index < -0.39 is 0 Å². The summed E-state index contributed by atoms with van der Waals surface area (Å²) in [5.74, 6) is 1.74. The zero-order valence-corrected chi connectivity index (χ0v) is 15.1. The Morgan fingerprint density at radius 3 is 2.68 bits per heavy atom. The van der Waals surface area contributed by atoms with Crippen molar-refractivity contribution in [3.05, 3.63) is 64.9 Å². The summed E-state index contributed by atoms with van der Waals surface area (Å²) in [6.07, 6.45) is 3.63.